The smallest absolute Gasteiger partial charge is 0.334 e. The number of hydrogen-bond acceptors (Lipinski definition) is 4. The lowest BCUT2D eigenvalue weighted by Gasteiger charge is -2.13. The Morgan fingerprint density at radius 3 is 1.89 bits per heavy atom. The number of carboxylic acid groups (broad SMARTS) is 1. The van der Waals surface area contributed by atoms with Crippen LogP contribution in [-0.4, -0.2) is 25.6 Å². The number of aliphatic carboxylic acids is 1. The van der Waals surface area contributed by atoms with Crippen LogP contribution in [0.4, 0.5) is 0 Å². The molecule has 0 aliphatic carbocycles. The molecule has 28 heavy (non-hydrogen) atoms. The average Bonchev–Trinajstić information content (AvgIpc) is 2.65. The minimum atomic E-state index is -3.92. The van der Waals surface area contributed by atoms with E-state index in [1.54, 1.807) is 30.3 Å². The van der Waals surface area contributed by atoms with Gasteiger partial charge in [0.2, 0.25) is 0 Å². The monoisotopic (exact) mass is 412 g/mol. The lowest BCUT2D eigenvalue weighted by atomic mass is 10.0. The Balaban J connectivity index is 2.20. The highest BCUT2D eigenvalue weighted by molar-refractivity contribution is 7.85. The number of carboxylic acids is 1. The van der Waals surface area contributed by atoms with Crippen LogP contribution in [0.2, 0.25) is 0 Å². The number of hydrogen-bond donors (Lipinski definition) is 1. The van der Waals surface area contributed by atoms with Crippen molar-refractivity contribution in [1.29, 1.82) is 0 Å². The molecule has 0 saturated heterocycles. The Bertz CT molecular complexity index is 628. The van der Waals surface area contributed by atoms with Gasteiger partial charge in [0, 0.05) is 0 Å². The van der Waals surface area contributed by atoms with Crippen LogP contribution in [0.25, 0.3) is 0 Å². The Labute approximate surface area is 170 Å². The molecule has 1 unspecified atom stereocenters. The standard InChI is InChI=1S/C22H36O5S/c1-2-3-4-5-6-7-8-9-10-11-15-18-21(22(23)24)27-28(25,26)19-20-16-13-12-14-17-20/h12-14,16-17,21H,2-11,15,18-19H2,1H3,(H,23,24). The summed E-state index contributed by atoms with van der Waals surface area (Å²) in [5, 5.41) is 9.27. The maximum absolute atomic E-state index is 12.1. The zero-order chi connectivity index (χ0) is 20.7. The molecule has 1 rings (SSSR count). The maximum Gasteiger partial charge on any atom is 0.334 e. The maximum atomic E-state index is 12.1. The van der Waals surface area contributed by atoms with Crippen LogP contribution in [0.3, 0.4) is 0 Å². The average molecular weight is 413 g/mol. The van der Waals surface area contributed by atoms with E-state index in [0.29, 0.717) is 12.0 Å². The van der Waals surface area contributed by atoms with Gasteiger partial charge in [0.15, 0.2) is 6.10 Å². The molecule has 0 heterocycles. The minimum absolute atomic E-state index is 0.223. The summed E-state index contributed by atoms with van der Waals surface area (Å²) >= 11 is 0. The van der Waals surface area contributed by atoms with E-state index < -0.39 is 22.2 Å². The van der Waals surface area contributed by atoms with Crippen molar-refractivity contribution in [3.05, 3.63) is 35.9 Å². The normalized spacial score (nSPS) is 12.8. The summed E-state index contributed by atoms with van der Waals surface area (Å²) in [6.07, 6.45) is 11.7. The van der Waals surface area contributed by atoms with Gasteiger partial charge in [-0.1, -0.05) is 108 Å². The van der Waals surface area contributed by atoms with Crippen LogP contribution in [0.5, 0.6) is 0 Å². The molecule has 1 aromatic rings. The fourth-order valence-electron chi connectivity index (χ4n) is 3.20. The number of unbranched alkanes of at least 4 members (excludes halogenated alkanes) is 10. The van der Waals surface area contributed by atoms with Crippen molar-refractivity contribution >= 4 is 16.1 Å². The molecule has 0 aromatic heterocycles. The highest BCUT2D eigenvalue weighted by Crippen LogP contribution is 2.16. The van der Waals surface area contributed by atoms with E-state index >= 15 is 0 Å². The molecule has 0 fully saturated rings. The Hall–Kier alpha value is -1.40. The molecule has 1 atom stereocenters. The first-order valence-corrected chi connectivity index (χ1v) is 12.2. The first kappa shape index (κ1) is 24.6. The van der Waals surface area contributed by atoms with E-state index in [0.717, 1.165) is 19.3 Å². The Morgan fingerprint density at radius 1 is 0.893 bits per heavy atom. The van der Waals surface area contributed by atoms with Crippen molar-refractivity contribution in [2.24, 2.45) is 0 Å². The van der Waals surface area contributed by atoms with Gasteiger partial charge in [0.05, 0.1) is 0 Å². The van der Waals surface area contributed by atoms with E-state index in [9.17, 15) is 18.3 Å². The fraction of sp³-hybridized carbons (Fsp3) is 0.682. The predicted octanol–water partition coefficient (Wildman–Crippen LogP) is 5.69. The van der Waals surface area contributed by atoms with Gasteiger partial charge in [0.1, 0.15) is 5.75 Å². The first-order valence-electron chi connectivity index (χ1n) is 10.6. The summed E-state index contributed by atoms with van der Waals surface area (Å²) in [5.41, 5.74) is 0.585. The lowest BCUT2D eigenvalue weighted by Crippen LogP contribution is -2.27. The second-order valence-electron chi connectivity index (χ2n) is 7.43. The molecule has 0 amide bonds. The van der Waals surface area contributed by atoms with Crippen molar-refractivity contribution in [2.75, 3.05) is 0 Å². The van der Waals surface area contributed by atoms with Gasteiger partial charge >= 0.3 is 5.97 Å². The molecule has 0 radical (unpaired) electrons. The SMILES string of the molecule is CCCCCCCCCCCCCC(OS(=O)(=O)Cc1ccccc1)C(=O)O. The molecule has 0 spiro atoms. The van der Waals surface area contributed by atoms with Crippen LogP contribution in [-0.2, 0) is 24.8 Å². The molecular formula is C22H36O5S. The minimum Gasteiger partial charge on any atom is -0.479 e. The number of carbonyl (C=O) groups is 1. The second-order valence-corrected chi connectivity index (χ2v) is 9.03. The van der Waals surface area contributed by atoms with Crippen LogP contribution in [0.15, 0.2) is 30.3 Å². The molecule has 0 saturated carbocycles. The summed E-state index contributed by atoms with van der Waals surface area (Å²) in [5.74, 6) is -1.53. The van der Waals surface area contributed by atoms with Crippen molar-refractivity contribution in [1.82, 2.24) is 0 Å². The third-order valence-electron chi connectivity index (χ3n) is 4.79. The summed E-state index contributed by atoms with van der Waals surface area (Å²) < 4.78 is 29.2. The third kappa shape index (κ3) is 12.1. The summed E-state index contributed by atoms with van der Waals surface area (Å²) in [6, 6.07) is 8.64. The number of rotatable bonds is 17. The van der Waals surface area contributed by atoms with Gasteiger partial charge in [-0.2, -0.15) is 8.42 Å². The van der Waals surface area contributed by atoms with Gasteiger partial charge in [-0.15, -0.1) is 0 Å². The fourth-order valence-corrected chi connectivity index (χ4v) is 4.40. The zero-order valence-corrected chi connectivity index (χ0v) is 18.0. The highest BCUT2D eigenvalue weighted by atomic mass is 32.2. The molecule has 160 valence electrons. The largest absolute Gasteiger partial charge is 0.479 e. The van der Waals surface area contributed by atoms with E-state index in [4.69, 9.17) is 4.18 Å². The molecule has 0 bridgehead atoms. The predicted molar refractivity (Wildman–Crippen MR) is 113 cm³/mol. The van der Waals surface area contributed by atoms with Crippen LogP contribution in [0, 0.1) is 0 Å². The van der Waals surface area contributed by atoms with Crippen molar-refractivity contribution < 1.29 is 22.5 Å². The second kappa shape index (κ2) is 14.6. The van der Waals surface area contributed by atoms with Crippen molar-refractivity contribution in [3.63, 3.8) is 0 Å². The Kier molecular flexibility index (Phi) is 12.8. The molecule has 0 aliphatic heterocycles. The Morgan fingerprint density at radius 2 is 1.39 bits per heavy atom. The molecule has 6 heteroatoms. The molecule has 5 nitrogen and oxygen atoms in total. The van der Waals surface area contributed by atoms with E-state index in [1.807, 2.05) is 0 Å². The summed E-state index contributed by atoms with van der Waals surface area (Å²) in [7, 11) is -3.92. The van der Waals surface area contributed by atoms with E-state index in [1.165, 1.54) is 44.9 Å². The lowest BCUT2D eigenvalue weighted by molar-refractivity contribution is -0.145. The zero-order valence-electron chi connectivity index (χ0n) is 17.1. The van der Waals surface area contributed by atoms with Gasteiger partial charge < -0.3 is 5.11 Å². The van der Waals surface area contributed by atoms with Gasteiger partial charge in [-0.25, -0.2) is 4.79 Å². The molecule has 1 N–H and O–H groups in total. The third-order valence-corrected chi connectivity index (χ3v) is 6.01. The van der Waals surface area contributed by atoms with Gasteiger partial charge in [0.25, 0.3) is 10.1 Å². The van der Waals surface area contributed by atoms with E-state index in [-0.39, 0.29) is 12.2 Å². The first-order chi connectivity index (χ1) is 13.4. The van der Waals surface area contributed by atoms with Crippen molar-refractivity contribution in [3.8, 4) is 0 Å². The topological polar surface area (TPSA) is 80.7 Å². The summed E-state index contributed by atoms with van der Waals surface area (Å²) in [4.78, 5) is 11.4. The van der Waals surface area contributed by atoms with E-state index in [2.05, 4.69) is 6.92 Å². The van der Waals surface area contributed by atoms with Gasteiger partial charge in [-0.05, 0) is 12.0 Å². The highest BCUT2D eigenvalue weighted by Gasteiger charge is 2.25. The summed E-state index contributed by atoms with van der Waals surface area (Å²) in [6.45, 7) is 2.22. The van der Waals surface area contributed by atoms with Gasteiger partial charge in [-0.3, -0.25) is 4.18 Å². The number of benzene rings is 1. The quantitative estimate of drug-likeness (QED) is 0.263. The molecule has 0 aliphatic rings. The van der Waals surface area contributed by atoms with Crippen LogP contribution < -0.4 is 0 Å². The van der Waals surface area contributed by atoms with Crippen LogP contribution >= 0.6 is 0 Å². The molecule has 1 aromatic carbocycles. The molecular weight excluding hydrogens is 376 g/mol. The van der Waals surface area contributed by atoms with Crippen LogP contribution in [0.1, 0.15) is 89.5 Å². The van der Waals surface area contributed by atoms with Crippen molar-refractivity contribution in [2.45, 2.75) is 95.8 Å².